The third-order valence-electron chi connectivity index (χ3n) is 3.15. The van der Waals surface area contributed by atoms with E-state index in [-0.39, 0.29) is 11.7 Å². The van der Waals surface area contributed by atoms with E-state index < -0.39 is 14.3 Å². The Balaban J connectivity index is 2.15. The Morgan fingerprint density at radius 2 is 2.22 bits per heavy atom. The van der Waals surface area contributed by atoms with Gasteiger partial charge in [0, 0.05) is 23.2 Å². The van der Waals surface area contributed by atoms with Crippen LogP contribution in [0.1, 0.15) is 12.0 Å². The van der Waals surface area contributed by atoms with Crippen molar-refractivity contribution in [3.8, 4) is 0 Å². The summed E-state index contributed by atoms with van der Waals surface area (Å²) in [5.41, 5.74) is 0.760. The van der Waals surface area contributed by atoms with Crippen molar-refractivity contribution in [2.75, 3.05) is 13.2 Å². The molecular formula is C12H14ClFO3S. The van der Waals surface area contributed by atoms with E-state index in [0.29, 0.717) is 26.1 Å². The summed E-state index contributed by atoms with van der Waals surface area (Å²) in [5, 5.41) is -0.615. The predicted octanol–water partition coefficient (Wildman–Crippen LogP) is 2.34. The second kappa shape index (κ2) is 5.55. The van der Waals surface area contributed by atoms with Gasteiger partial charge in [-0.15, -0.1) is 0 Å². The molecule has 1 saturated heterocycles. The van der Waals surface area contributed by atoms with E-state index in [9.17, 15) is 12.8 Å². The molecule has 2 atom stereocenters. The molecule has 1 aliphatic rings. The smallest absolute Gasteiger partial charge is 0.235 e. The minimum absolute atomic E-state index is 0.219. The molecule has 0 spiro atoms. The van der Waals surface area contributed by atoms with E-state index in [1.165, 1.54) is 12.1 Å². The summed E-state index contributed by atoms with van der Waals surface area (Å²) in [6.45, 7) is 0.739. The first-order valence-corrected chi connectivity index (χ1v) is 8.10. The highest BCUT2D eigenvalue weighted by molar-refractivity contribution is 8.14. The minimum atomic E-state index is -3.61. The molecule has 3 nitrogen and oxygen atoms in total. The third kappa shape index (κ3) is 3.43. The van der Waals surface area contributed by atoms with Crippen LogP contribution in [0.5, 0.6) is 0 Å². The summed E-state index contributed by atoms with van der Waals surface area (Å²) in [6.07, 6.45) is 0.847. The molecule has 2 rings (SSSR count). The van der Waals surface area contributed by atoms with Crippen molar-refractivity contribution >= 4 is 19.7 Å². The van der Waals surface area contributed by atoms with E-state index in [1.54, 1.807) is 12.1 Å². The van der Waals surface area contributed by atoms with Gasteiger partial charge in [-0.3, -0.25) is 0 Å². The molecule has 18 heavy (non-hydrogen) atoms. The standard InChI is InChI=1S/C12H14ClFO3S/c13-18(15,16)12-4-5-17-8-10(12)6-9-2-1-3-11(14)7-9/h1-3,7,10,12H,4-6,8H2/t10-,12-/m0/s1. The summed E-state index contributed by atoms with van der Waals surface area (Å²) >= 11 is 0. The summed E-state index contributed by atoms with van der Waals surface area (Å²) in [6, 6.07) is 6.15. The number of rotatable bonds is 3. The van der Waals surface area contributed by atoms with Crippen LogP contribution in [0.2, 0.25) is 0 Å². The highest BCUT2D eigenvalue weighted by Crippen LogP contribution is 2.27. The Morgan fingerprint density at radius 3 is 2.89 bits per heavy atom. The largest absolute Gasteiger partial charge is 0.381 e. The lowest BCUT2D eigenvalue weighted by molar-refractivity contribution is 0.0577. The minimum Gasteiger partial charge on any atom is -0.381 e. The second-order valence-electron chi connectivity index (χ2n) is 4.47. The summed E-state index contributed by atoms with van der Waals surface area (Å²) < 4.78 is 41.3. The molecule has 0 radical (unpaired) electrons. The monoisotopic (exact) mass is 292 g/mol. The number of ether oxygens (including phenoxy) is 1. The maximum absolute atomic E-state index is 13.1. The van der Waals surface area contributed by atoms with Crippen LogP contribution in [-0.2, 0) is 20.2 Å². The van der Waals surface area contributed by atoms with Crippen LogP contribution >= 0.6 is 10.7 Å². The molecule has 1 heterocycles. The van der Waals surface area contributed by atoms with Gasteiger partial charge in [0.2, 0.25) is 9.05 Å². The molecule has 1 aliphatic heterocycles. The zero-order valence-corrected chi connectivity index (χ0v) is 11.3. The lowest BCUT2D eigenvalue weighted by atomic mass is 9.93. The van der Waals surface area contributed by atoms with Crippen molar-refractivity contribution in [1.29, 1.82) is 0 Å². The molecule has 6 heteroatoms. The van der Waals surface area contributed by atoms with Crippen molar-refractivity contribution in [2.24, 2.45) is 5.92 Å². The van der Waals surface area contributed by atoms with Crippen LogP contribution in [0, 0.1) is 11.7 Å². The first-order valence-electron chi connectivity index (χ1n) is 5.72. The number of benzene rings is 1. The molecule has 0 bridgehead atoms. The van der Waals surface area contributed by atoms with Crippen LogP contribution in [0.3, 0.4) is 0 Å². The van der Waals surface area contributed by atoms with E-state index in [2.05, 4.69) is 0 Å². The fourth-order valence-electron chi connectivity index (χ4n) is 2.30. The maximum Gasteiger partial charge on any atom is 0.235 e. The van der Waals surface area contributed by atoms with Gasteiger partial charge in [-0.05, 0) is 30.5 Å². The van der Waals surface area contributed by atoms with E-state index in [1.807, 2.05) is 0 Å². The van der Waals surface area contributed by atoms with E-state index in [0.717, 1.165) is 5.56 Å². The highest BCUT2D eigenvalue weighted by Gasteiger charge is 2.34. The molecule has 100 valence electrons. The zero-order chi connectivity index (χ0) is 13.2. The average Bonchev–Trinajstić information content (AvgIpc) is 2.28. The fraction of sp³-hybridized carbons (Fsp3) is 0.500. The lowest BCUT2D eigenvalue weighted by Gasteiger charge is -2.29. The van der Waals surface area contributed by atoms with Crippen molar-refractivity contribution in [1.82, 2.24) is 0 Å². The summed E-state index contributed by atoms with van der Waals surface area (Å²) in [5.74, 6) is -0.544. The number of halogens is 2. The Kier molecular flexibility index (Phi) is 4.25. The van der Waals surface area contributed by atoms with Gasteiger partial charge in [0.1, 0.15) is 5.82 Å². The van der Waals surface area contributed by atoms with Crippen LogP contribution < -0.4 is 0 Å². The van der Waals surface area contributed by atoms with Gasteiger partial charge >= 0.3 is 0 Å². The fourth-order valence-corrected chi connectivity index (χ4v) is 4.02. The first-order chi connectivity index (χ1) is 8.47. The van der Waals surface area contributed by atoms with Crippen molar-refractivity contribution < 1.29 is 17.5 Å². The predicted molar refractivity (Wildman–Crippen MR) is 67.6 cm³/mol. The quantitative estimate of drug-likeness (QED) is 0.803. The Hall–Kier alpha value is -0.650. The van der Waals surface area contributed by atoms with Gasteiger partial charge in [-0.1, -0.05) is 12.1 Å². The number of hydrogen-bond acceptors (Lipinski definition) is 3. The molecule has 0 saturated carbocycles. The topological polar surface area (TPSA) is 43.4 Å². The van der Waals surface area contributed by atoms with Gasteiger partial charge in [0.05, 0.1) is 11.9 Å². The average molecular weight is 293 g/mol. The highest BCUT2D eigenvalue weighted by atomic mass is 35.7. The molecule has 0 unspecified atom stereocenters. The SMILES string of the molecule is O=S(=O)(Cl)[C@H]1CCOC[C@@H]1Cc1cccc(F)c1. The van der Waals surface area contributed by atoms with Crippen LogP contribution in [0.25, 0.3) is 0 Å². The second-order valence-corrected chi connectivity index (χ2v) is 7.32. The Morgan fingerprint density at radius 1 is 1.44 bits per heavy atom. The molecule has 0 aromatic heterocycles. The van der Waals surface area contributed by atoms with E-state index in [4.69, 9.17) is 15.4 Å². The summed E-state index contributed by atoms with van der Waals surface area (Å²) in [7, 11) is 1.84. The lowest BCUT2D eigenvalue weighted by Crippen LogP contribution is -2.37. The molecule has 0 amide bonds. The van der Waals surface area contributed by atoms with Gasteiger partial charge in [-0.2, -0.15) is 0 Å². The van der Waals surface area contributed by atoms with Crippen molar-refractivity contribution in [2.45, 2.75) is 18.1 Å². The molecule has 1 aromatic carbocycles. The van der Waals surface area contributed by atoms with Crippen LogP contribution in [0.4, 0.5) is 4.39 Å². The molecular weight excluding hydrogens is 279 g/mol. The zero-order valence-electron chi connectivity index (χ0n) is 9.68. The third-order valence-corrected chi connectivity index (χ3v) is 5.18. The Bertz CT molecular complexity index is 518. The molecule has 1 fully saturated rings. The van der Waals surface area contributed by atoms with Crippen molar-refractivity contribution in [3.05, 3.63) is 35.6 Å². The van der Waals surface area contributed by atoms with Gasteiger partial charge < -0.3 is 4.74 Å². The Labute approximate surface area is 110 Å². The molecule has 0 N–H and O–H groups in total. The van der Waals surface area contributed by atoms with E-state index >= 15 is 0 Å². The molecule has 0 aliphatic carbocycles. The first kappa shape index (κ1) is 13.8. The van der Waals surface area contributed by atoms with Crippen LogP contribution in [-0.4, -0.2) is 26.9 Å². The summed E-state index contributed by atoms with van der Waals surface area (Å²) in [4.78, 5) is 0. The van der Waals surface area contributed by atoms with Gasteiger partial charge in [0.15, 0.2) is 0 Å². The van der Waals surface area contributed by atoms with Gasteiger partial charge in [-0.25, -0.2) is 12.8 Å². The van der Waals surface area contributed by atoms with Gasteiger partial charge in [0.25, 0.3) is 0 Å². The molecule has 1 aromatic rings. The normalized spacial score (nSPS) is 25.0. The van der Waals surface area contributed by atoms with Crippen LogP contribution in [0.15, 0.2) is 24.3 Å². The maximum atomic E-state index is 13.1. The van der Waals surface area contributed by atoms with Crippen molar-refractivity contribution in [3.63, 3.8) is 0 Å². The number of hydrogen-bond donors (Lipinski definition) is 0.